The molecule has 1 fully saturated rings. The Balaban J connectivity index is 2.04. The third kappa shape index (κ3) is 2.33. The molecule has 1 aromatic rings. The van der Waals surface area contributed by atoms with Gasteiger partial charge >= 0.3 is 5.69 Å². The third-order valence-electron chi connectivity index (χ3n) is 2.85. The first kappa shape index (κ1) is 10.1. The molecule has 0 radical (unpaired) electrons. The Labute approximate surface area is 87.9 Å². The topological polar surface area (TPSA) is 66.3 Å². The molecule has 0 atom stereocenters. The van der Waals surface area contributed by atoms with E-state index in [-0.39, 0.29) is 5.69 Å². The van der Waals surface area contributed by atoms with Crippen LogP contribution in [0.5, 0.6) is 0 Å². The Morgan fingerprint density at radius 2 is 2.27 bits per heavy atom. The Morgan fingerprint density at radius 1 is 1.53 bits per heavy atom. The van der Waals surface area contributed by atoms with Crippen molar-refractivity contribution >= 4 is 5.82 Å². The zero-order valence-electron chi connectivity index (χ0n) is 8.86. The molecule has 0 aliphatic carbocycles. The van der Waals surface area contributed by atoms with Crippen molar-refractivity contribution in [3.8, 4) is 0 Å². The minimum absolute atomic E-state index is 0.377. The predicted molar refractivity (Wildman–Crippen MR) is 56.1 cm³/mol. The van der Waals surface area contributed by atoms with Gasteiger partial charge in [-0.2, -0.15) is 10.1 Å². The highest BCUT2D eigenvalue weighted by Gasteiger charge is 2.19. The number of likely N-dealkylation sites (N-methyl/N-ethyl adjacent to an activating group) is 1. The summed E-state index contributed by atoms with van der Waals surface area (Å²) in [6, 6.07) is 0. The summed E-state index contributed by atoms with van der Waals surface area (Å²) < 4.78 is 0. The van der Waals surface area contributed by atoms with Crippen LogP contribution in [0.1, 0.15) is 6.92 Å². The summed E-state index contributed by atoms with van der Waals surface area (Å²) in [6.07, 6.45) is 1.61. The Morgan fingerprint density at radius 3 is 2.87 bits per heavy atom. The van der Waals surface area contributed by atoms with Crippen LogP contribution >= 0.6 is 0 Å². The highest BCUT2D eigenvalue weighted by Crippen LogP contribution is 2.04. The van der Waals surface area contributed by atoms with E-state index in [0.29, 0.717) is 5.82 Å². The van der Waals surface area contributed by atoms with E-state index in [1.807, 2.05) is 0 Å². The van der Waals surface area contributed by atoms with E-state index >= 15 is 0 Å². The van der Waals surface area contributed by atoms with Crippen molar-refractivity contribution in [1.29, 1.82) is 0 Å². The standard InChI is InChI=1S/C9H15N5O/c1-2-13-3-5-14(6-4-13)8-7-10-12-9(15)11-8/h7H,2-6H2,1H3,(H,11,12,15)/p+1. The van der Waals surface area contributed by atoms with Crippen molar-refractivity contribution in [1.82, 2.24) is 15.2 Å². The van der Waals surface area contributed by atoms with Gasteiger partial charge in [-0.05, 0) is 6.92 Å². The van der Waals surface area contributed by atoms with Crippen molar-refractivity contribution in [3.63, 3.8) is 0 Å². The number of H-pyrrole nitrogens is 1. The van der Waals surface area contributed by atoms with Crippen LogP contribution in [0.2, 0.25) is 0 Å². The van der Waals surface area contributed by atoms with Crippen LogP contribution in [-0.4, -0.2) is 47.9 Å². The average Bonchev–Trinajstić information content (AvgIpc) is 2.29. The number of piperazine rings is 1. The lowest BCUT2D eigenvalue weighted by molar-refractivity contribution is -0.898. The van der Waals surface area contributed by atoms with Crippen LogP contribution < -0.4 is 15.5 Å². The van der Waals surface area contributed by atoms with E-state index in [1.54, 1.807) is 11.1 Å². The molecule has 82 valence electrons. The lowest BCUT2D eigenvalue weighted by Crippen LogP contribution is -3.14. The molecular weight excluding hydrogens is 194 g/mol. The van der Waals surface area contributed by atoms with Gasteiger partial charge in [-0.1, -0.05) is 0 Å². The van der Waals surface area contributed by atoms with Gasteiger partial charge in [0.15, 0.2) is 5.82 Å². The van der Waals surface area contributed by atoms with Crippen molar-refractivity contribution in [2.45, 2.75) is 6.92 Å². The average molecular weight is 210 g/mol. The Kier molecular flexibility index (Phi) is 2.96. The molecule has 6 nitrogen and oxygen atoms in total. The summed E-state index contributed by atoms with van der Waals surface area (Å²) in [4.78, 5) is 18.6. The van der Waals surface area contributed by atoms with E-state index in [9.17, 15) is 4.79 Å². The highest BCUT2D eigenvalue weighted by molar-refractivity contribution is 5.34. The zero-order valence-corrected chi connectivity index (χ0v) is 8.86. The van der Waals surface area contributed by atoms with Crippen LogP contribution in [0.3, 0.4) is 0 Å². The summed E-state index contributed by atoms with van der Waals surface area (Å²) in [5, 5.41) is 6.03. The number of hydrogen-bond donors (Lipinski definition) is 2. The third-order valence-corrected chi connectivity index (χ3v) is 2.85. The normalized spacial score (nSPS) is 18.1. The van der Waals surface area contributed by atoms with Gasteiger partial charge in [0.1, 0.15) is 0 Å². The number of anilines is 1. The van der Waals surface area contributed by atoms with E-state index in [2.05, 4.69) is 27.0 Å². The first-order chi connectivity index (χ1) is 7.29. The second-order valence-electron chi connectivity index (χ2n) is 3.74. The molecule has 0 bridgehead atoms. The number of aromatic amines is 1. The lowest BCUT2D eigenvalue weighted by Gasteiger charge is -2.31. The molecule has 1 aromatic heterocycles. The van der Waals surface area contributed by atoms with Gasteiger partial charge in [-0.15, -0.1) is 0 Å². The SMILES string of the molecule is CC[NH+]1CCN(c2cn[nH]c(=O)n2)CC1. The Hall–Kier alpha value is -1.43. The maximum Gasteiger partial charge on any atom is 0.363 e. The fraction of sp³-hybridized carbons (Fsp3) is 0.667. The number of rotatable bonds is 2. The summed E-state index contributed by atoms with van der Waals surface area (Å²) >= 11 is 0. The minimum atomic E-state index is -0.377. The first-order valence-corrected chi connectivity index (χ1v) is 5.30. The van der Waals surface area contributed by atoms with Gasteiger partial charge in [0, 0.05) is 0 Å². The molecule has 2 N–H and O–H groups in total. The molecule has 0 spiro atoms. The highest BCUT2D eigenvalue weighted by atomic mass is 16.1. The summed E-state index contributed by atoms with van der Waals surface area (Å²) in [5.41, 5.74) is -0.377. The minimum Gasteiger partial charge on any atom is -0.344 e. The van der Waals surface area contributed by atoms with E-state index in [1.165, 1.54) is 0 Å². The predicted octanol–water partition coefficient (Wildman–Crippen LogP) is -2.11. The zero-order chi connectivity index (χ0) is 10.7. The van der Waals surface area contributed by atoms with Crippen molar-refractivity contribution in [2.75, 3.05) is 37.6 Å². The Bertz CT molecular complexity index is 369. The van der Waals surface area contributed by atoms with Crippen LogP contribution in [0, 0.1) is 0 Å². The molecule has 0 amide bonds. The molecule has 0 unspecified atom stereocenters. The molecular formula is C9H16N5O+. The van der Waals surface area contributed by atoms with Crippen molar-refractivity contribution in [3.05, 3.63) is 16.7 Å². The lowest BCUT2D eigenvalue weighted by atomic mass is 10.3. The maximum atomic E-state index is 11.0. The fourth-order valence-electron chi connectivity index (χ4n) is 1.86. The van der Waals surface area contributed by atoms with E-state index in [4.69, 9.17) is 0 Å². The van der Waals surface area contributed by atoms with Crippen LogP contribution in [0.15, 0.2) is 11.0 Å². The van der Waals surface area contributed by atoms with Crippen molar-refractivity contribution < 1.29 is 4.90 Å². The fourth-order valence-corrected chi connectivity index (χ4v) is 1.86. The summed E-state index contributed by atoms with van der Waals surface area (Å²) in [7, 11) is 0. The monoisotopic (exact) mass is 210 g/mol. The molecule has 1 aliphatic heterocycles. The van der Waals surface area contributed by atoms with Gasteiger partial charge in [0.25, 0.3) is 0 Å². The van der Waals surface area contributed by atoms with Gasteiger partial charge in [-0.25, -0.2) is 9.89 Å². The number of quaternary nitrogens is 1. The van der Waals surface area contributed by atoms with E-state index < -0.39 is 0 Å². The molecule has 2 rings (SSSR count). The van der Waals surface area contributed by atoms with E-state index in [0.717, 1.165) is 32.7 Å². The molecule has 2 heterocycles. The molecule has 6 heteroatoms. The molecule has 0 saturated carbocycles. The largest absolute Gasteiger partial charge is 0.363 e. The summed E-state index contributed by atoms with van der Waals surface area (Å²) in [6.45, 7) is 7.45. The van der Waals surface area contributed by atoms with Gasteiger partial charge in [0.2, 0.25) is 0 Å². The second-order valence-corrected chi connectivity index (χ2v) is 3.74. The molecule has 0 aromatic carbocycles. The van der Waals surface area contributed by atoms with Crippen LogP contribution in [-0.2, 0) is 0 Å². The van der Waals surface area contributed by atoms with Crippen LogP contribution in [0.4, 0.5) is 5.82 Å². The van der Waals surface area contributed by atoms with Crippen molar-refractivity contribution in [2.24, 2.45) is 0 Å². The smallest absolute Gasteiger partial charge is 0.344 e. The maximum absolute atomic E-state index is 11.0. The van der Waals surface area contributed by atoms with Crippen LogP contribution in [0.25, 0.3) is 0 Å². The quantitative estimate of drug-likeness (QED) is 0.586. The van der Waals surface area contributed by atoms with Gasteiger partial charge in [0.05, 0.1) is 38.9 Å². The second kappa shape index (κ2) is 4.39. The number of nitrogens with one attached hydrogen (secondary N) is 2. The van der Waals surface area contributed by atoms with Gasteiger partial charge in [-0.3, -0.25) is 0 Å². The molecule has 1 saturated heterocycles. The van der Waals surface area contributed by atoms with Gasteiger partial charge < -0.3 is 9.80 Å². The summed E-state index contributed by atoms with van der Waals surface area (Å²) in [5.74, 6) is 0.689. The number of aromatic nitrogens is 3. The number of hydrogen-bond acceptors (Lipinski definition) is 4. The number of nitrogens with zero attached hydrogens (tertiary/aromatic N) is 3. The first-order valence-electron chi connectivity index (χ1n) is 5.30. The molecule has 1 aliphatic rings. The molecule has 15 heavy (non-hydrogen) atoms.